The van der Waals surface area contributed by atoms with Gasteiger partial charge in [0.1, 0.15) is 12.4 Å². The van der Waals surface area contributed by atoms with Gasteiger partial charge in [-0.25, -0.2) is 9.13 Å². The first-order chi connectivity index (χ1) is 9.19. The Kier molecular flexibility index (Phi) is 7.30. The van der Waals surface area contributed by atoms with Gasteiger partial charge in [0.15, 0.2) is 0 Å². The van der Waals surface area contributed by atoms with Crippen LogP contribution in [0.1, 0.15) is 27.7 Å². The molecule has 1 aromatic rings. The van der Waals surface area contributed by atoms with Crippen molar-refractivity contribution in [1.29, 1.82) is 0 Å². The third-order valence-electron chi connectivity index (χ3n) is 2.88. The minimum atomic E-state index is -2.51. The summed E-state index contributed by atoms with van der Waals surface area (Å²) in [5.41, 5.74) is 0. The molecule has 0 amide bonds. The first kappa shape index (κ1) is 16.4. The molecule has 19 heavy (non-hydrogen) atoms. The van der Waals surface area contributed by atoms with Gasteiger partial charge in [-0.2, -0.15) is 0 Å². The average Bonchev–Trinajstić information content (AvgIpc) is 2.85. The molecule has 0 aliphatic carbocycles. The van der Waals surface area contributed by atoms with Crippen molar-refractivity contribution in [3.05, 3.63) is 18.7 Å². The van der Waals surface area contributed by atoms with Crippen molar-refractivity contribution >= 4 is 8.80 Å². The first-order valence-corrected chi connectivity index (χ1v) is 9.09. The van der Waals surface area contributed by atoms with Gasteiger partial charge in [0, 0.05) is 19.8 Å². The Morgan fingerprint density at radius 1 is 1.00 bits per heavy atom. The summed E-state index contributed by atoms with van der Waals surface area (Å²) < 4.78 is 21.8. The molecule has 0 spiro atoms. The predicted molar refractivity (Wildman–Crippen MR) is 75.7 cm³/mol. The lowest BCUT2D eigenvalue weighted by atomic mass is 10.7. The van der Waals surface area contributed by atoms with E-state index in [1.54, 1.807) is 0 Å². The molecule has 0 radical (unpaired) electrons. The maximum Gasteiger partial charge on any atom is 0.504 e. The fourth-order valence-electron chi connectivity index (χ4n) is 2.03. The third kappa shape index (κ3) is 5.06. The second-order valence-corrected chi connectivity index (χ2v) is 6.95. The highest BCUT2D eigenvalue weighted by Crippen LogP contribution is 2.15. The number of rotatable bonds is 10. The Morgan fingerprint density at radius 3 is 2.00 bits per heavy atom. The quantitative estimate of drug-likeness (QED) is 0.487. The average molecular weight is 287 g/mol. The van der Waals surface area contributed by atoms with Gasteiger partial charge in [0.05, 0.1) is 19.1 Å². The second kappa shape index (κ2) is 8.47. The molecule has 1 heterocycles. The molecule has 0 aliphatic rings. The molecule has 1 rings (SSSR count). The topological polar surface area (TPSA) is 36.5 Å². The zero-order valence-electron chi connectivity index (χ0n) is 12.6. The van der Waals surface area contributed by atoms with E-state index in [0.29, 0.717) is 19.8 Å². The van der Waals surface area contributed by atoms with Crippen LogP contribution < -0.4 is 4.57 Å². The molecule has 1 aromatic heterocycles. The Hall–Kier alpha value is -0.693. The summed E-state index contributed by atoms with van der Waals surface area (Å²) in [6.45, 7) is 11.8. The van der Waals surface area contributed by atoms with E-state index in [2.05, 4.69) is 34.8 Å². The molecule has 0 bridgehead atoms. The van der Waals surface area contributed by atoms with Crippen LogP contribution in [-0.4, -0.2) is 33.2 Å². The summed E-state index contributed by atoms with van der Waals surface area (Å²) in [7, 11) is -2.51. The van der Waals surface area contributed by atoms with Crippen LogP contribution in [0.4, 0.5) is 0 Å². The van der Waals surface area contributed by atoms with E-state index < -0.39 is 8.80 Å². The van der Waals surface area contributed by atoms with Gasteiger partial charge in [0.25, 0.3) is 0 Å². The number of hydrogen-bond donors (Lipinski definition) is 0. The highest BCUT2D eigenvalue weighted by molar-refractivity contribution is 6.60. The Labute approximate surface area is 117 Å². The van der Waals surface area contributed by atoms with Gasteiger partial charge in [-0.15, -0.1) is 0 Å². The second-order valence-electron chi connectivity index (χ2n) is 4.21. The van der Waals surface area contributed by atoms with Gasteiger partial charge in [0.2, 0.25) is 6.33 Å². The molecule has 6 heteroatoms. The van der Waals surface area contributed by atoms with E-state index in [9.17, 15) is 0 Å². The van der Waals surface area contributed by atoms with Crippen molar-refractivity contribution in [2.24, 2.45) is 0 Å². The molecule has 0 atom stereocenters. The maximum absolute atomic E-state index is 5.84. The van der Waals surface area contributed by atoms with E-state index in [1.807, 2.05) is 20.8 Å². The van der Waals surface area contributed by atoms with E-state index in [0.717, 1.165) is 19.1 Å². The summed E-state index contributed by atoms with van der Waals surface area (Å²) in [6.07, 6.45) is 6.25. The fraction of sp³-hybridized carbons (Fsp3) is 0.769. The molecular weight excluding hydrogens is 260 g/mol. The SMILES string of the molecule is CCO[Si](CC[n+]1ccn(CC)c1)(OCC)OCC. The van der Waals surface area contributed by atoms with Crippen molar-refractivity contribution in [2.75, 3.05) is 19.8 Å². The molecule has 0 aromatic carbocycles. The summed E-state index contributed by atoms with van der Waals surface area (Å²) in [5, 5.41) is 0. The third-order valence-corrected chi connectivity index (χ3v) is 5.90. The minimum absolute atomic E-state index is 0.632. The zero-order valence-corrected chi connectivity index (χ0v) is 13.6. The summed E-state index contributed by atoms with van der Waals surface area (Å²) in [5.74, 6) is 0. The van der Waals surface area contributed by atoms with Gasteiger partial charge < -0.3 is 13.3 Å². The molecule has 0 aliphatic heterocycles. The Balaban J connectivity index is 2.64. The molecule has 0 saturated heterocycles. The zero-order chi connectivity index (χ0) is 14.1. The van der Waals surface area contributed by atoms with E-state index >= 15 is 0 Å². The van der Waals surface area contributed by atoms with Crippen LogP contribution >= 0.6 is 0 Å². The lowest BCUT2D eigenvalue weighted by molar-refractivity contribution is -0.693. The van der Waals surface area contributed by atoms with Gasteiger partial charge in [-0.1, -0.05) is 0 Å². The monoisotopic (exact) mass is 287 g/mol. The number of imidazole rings is 1. The Morgan fingerprint density at radius 2 is 1.58 bits per heavy atom. The van der Waals surface area contributed by atoms with E-state index in [4.69, 9.17) is 13.3 Å². The molecule has 5 nitrogen and oxygen atoms in total. The van der Waals surface area contributed by atoms with Crippen molar-refractivity contribution in [1.82, 2.24) is 4.57 Å². The number of hydrogen-bond acceptors (Lipinski definition) is 3. The number of aryl methyl sites for hydroxylation is 2. The standard InChI is InChI=1S/C13H27N2O3Si/c1-5-14-9-10-15(13-14)11-12-19(16-6-2,17-7-3)18-8-4/h9-10,13H,5-8,11-12H2,1-4H3/q+1. The summed E-state index contributed by atoms with van der Waals surface area (Å²) in [6, 6.07) is 0.806. The van der Waals surface area contributed by atoms with Crippen LogP contribution in [0.2, 0.25) is 6.04 Å². The smallest absolute Gasteiger partial charge is 0.374 e. The summed E-state index contributed by atoms with van der Waals surface area (Å²) >= 11 is 0. The van der Waals surface area contributed by atoms with Crippen LogP contribution in [0.25, 0.3) is 0 Å². The van der Waals surface area contributed by atoms with Gasteiger partial charge >= 0.3 is 8.80 Å². The van der Waals surface area contributed by atoms with Crippen molar-refractivity contribution < 1.29 is 17.8 Å². The largest absolute Gasteiger partial charge is 0.504 e. The van der Waals surface area contributed by atoms with E-state index in [-0.39, 0.29) is 0 Å². The molecule has 0 N–H and O–H groups in total. The van der Waals surface area contributed by atoms with Crippen LogP contribution in [0.15, 0.2) is 18.7 Å². The highest BCUT2D eigenvalue weighted by atomic mass is 28.4. The van der Waals surface area contributed by atoms with Crippen LogP contribution in [0.5, 0.6) is 0 Å². The van der Waals surface area contributed by atoms with Crippen LogP contribution in [0, 0.1) is 0 Å². The normalized spacial score (nSPS) is 12.0. The van der Waals surface area contributed by atoms with Crippen molar-refractivity contribution in [2.45, 2.75) is 46.8 Å². The lowest BCUT2D eigenvalue weighted by Gasteiger charge is -2.27. The summed E-state index contributed by atoms with van der Waals surface area (Å²) in [4.78, 5) is 0. The van der Waals surface area contributed by atoms with Crippen LogP contribution in [-0.2, 0) is 26.4 Å². The van der Waals surface area contributed by atoms with Gasteiger partial charge in [-0.05, 0) is 27.7 Å². The lowest BCUT2D eigenvalue weighted by Crippen LogP contribution is -2.49. The van der Waals surface area contributed by atoms with Crippen LogP contribution in [0.3, 0.4) is 0 Å². The Bertz CT molecular complexity index is 340. The van der Waals surface area contributed by atoms with Gasteiger partial charge in [-0.3, -0.25) is 0 Å². The first-order valence-electron chi connectivity index (χ1n) is 7.16. The molecule has 0 saturated carbocycles. The molecular formula is C13H27N2O3Si+. The fourth-order valence-corrected chi connectivity index (χ4v) is 4.56. The maximum atomic E-state index is 5.84. The predicted octanol–water partition coefficient (Wildman–Crippen LogP) is 1.84. The van der Waals surface area contributed by atoms with E-state index in [1.165, 1.54) is 0 Å². The number of aromatic nitrogens is 2. The highest BCUT2D eigenvalue weighted by Gasteiger charge is 2.40. The minimum Gasteiger partial charge on any atom is -0.374 e. The molecule has 110 valence electrons. The molecule has 0 fully saturated rings. The van der Waals surface area contributed by atoms with Crippen molar-refractivity contribution in [3.63, 3.8) is 0 Å². The van der Waals surface area contributed by atoms with Crippen molar-refractivity contribution in [3.8, 4) is 0 Å². The molecule has 0 unspecified atom stereocenters. The number of nitrogens with zero attached hydrogens (tertiary/aromatic N) is 2.